The molecule has 1 aromatic rings. The van der Waals surface area contributed by atoms with Crippen LogP contribution in [0.3, 0.4) is 0 Å². The lowest BCUT2D eigenvalue weighted by atomic mass is 9.95. The van der Waals surface area contributed by atoms with Gasteiger partial charge >= 0.3 is 7.60 Å². The quantitative estimate of drug-likeness (QED) is 0.436. The molecule has 10 heteroatoms. The predicted octanol–water partition coefficient (Wildman–Crippen LogP) is 3.24. The number of aryl methyl sites for hydroxylation is 1. The number of alkyl halides is 1. The molecule has 0 spiro atoms. The van der Waals surface area contributed by atoms with Crippen LogP contribution in [-0.4, -0.2) is 42.9 Å². The van der Waals surface area contributed by atoms with Crippen molar-refractivity contribution < 1.29 is 36.1 Å². The van der Waals surface area contributed by atoms with Gasteiger partial charge in [0.2, 0.25) is 0 Å². The molecule has 0 bridgehead atoms. The van der Waals surface area contributed by atoms with Gasteiger partial charge in [0, 0.05) is 0 Å². The molecule has 2 N–H and O–H groups in total. The van der Waals surface area contributed by atoms with Crippen molar-refractivity contribution in [1.82, 2.24) is 0 Å². The van der Waals surface area contributed by atoms with Gasteiger partial charge in [0.1, 0.15) is 12.8 Å². The van der Waals surface area contributed by atoms with Crippen LogP contribution in [0.2, 0.25) is 0 Å². The van der Waals surface area contributed by atoms with Crippen molar-refractivity contribution in [2.75, 3.05) is 13.3 Å². The van der Waals surface area contributed by atoms with Gasteiger partial charge in [-0.05, 0) is 30.9 Å². The van der Waals surface area contributed by atoms with E-state index in [9.17, 15) is 27.2 Å². The van der Waals surface area contributed by atoms with Gasteiger partial charge in [0.25, 0.3) is 10.1 Å². The first-order chi connectivity index (χ1) is 12.3. The lowest BCUT2D eigenvalue weighted by Crippen LogP contribution is -2.47. The topological polar surface area (TPSA) is 110 Å². The zero-order chi connectivity index (χ0) is 21.0. The normalized spacial score (nSPS) is 14.7. The SMILES string of the molecule is Cc1ccc(S(=O)(=O)OC[C@H](CF)OC(C(C)C)(C(C)C)P(=O)(O)O)cc1. The van der Waals surface area contributed by atoms with Crippen LogP contribution < -0.4 is 0 Å². The standard InChI is InChI=1S/C17H28FO7PS/c1-12(2)17(13(3)4,26(19,20)21)25-15(10-18)11-24-27(22,23)16-8-6-14(5)7-9-16/h6-9,12-13,15H,10-11H2,1-5H3,(H2,19,20,21)/t15-/m0/s1. The fourth-order valence-corrected chi connectivity index (χ4v) is 5.56. The average Bonchev–Trinajstić information content (AvgIpc) is 2.53. The molecule has 0 saturated carbocycles. The van der Waals surface area contributed by atoms with Crippen LogP contribution >= 0.6 is 7.60 Å². The van der Waals surface area contributed by atoms with Gasteiger partial charge in [-0.15, -0.1) is 0 Å². The predicted molar refractivity (Wildman–Crippen MR) is 99.6 cm³/mol. The number of halogens is 1. The van der Waals surface area contributed by atoms with Crippen LogP contribution in [0.15, 0.2) is 29.2 Å². The molecule has 1 rings (SSSR count). The molecule has 0 aliphatic carbocycles. The summed E-state index contributed by atoms with van der Waals surface area (Å²) in [4.78, 5) is 19.6. The number of rotatable bonds is 10. The number of benzene rings is 1. The number of hydrogen-bond donors (Lipinski definition) is 2. The maximum absolute atomic E-state index is 13.5. The minimum Gasteiger partial charge on any atom is -0.353 e. The Morgan fingerprint density at radius 2 is 1.59 bits per heavy atom. The van der Waals surface area contributed by atoms with Crippen LogP contribution in [0, 0.1) is 18.8 Å². The van der Waals surface area contributed by atoms with Crippen LogP contribution in [0.1, 0.15) is 33.3 Å². The zero-order valence-electron chi connectivity index (χ0n) is 16.1. The van der Waals surface area contributed by atoms with E-state index < -0.39 is 54.3 Å². The second-order valence-corrected chi connectivity index (χ2v) is 10.5. The molecule has 0 amide bonds. The van der Waals surface area contributed by atoms with E-state index in [0.29, 0.717) is 0 Å². The highest BCUT2D eigenvalue weighted by Crippen LogP contribution is 2.59. The maximum Gasteiger partial charge on any atom is 0.357 e. The lowest BCUT2D eigenvalue weighted by molar-refractivity contribution is -0.121. The van der Waals surface area contributed by atoms with Crippen molar-refractivity contribution in [3.05, 3.63) is 29.8 Å². The van der Waals surface area contributed by atoms with Crippen molar-refractivity contribution >= 4 is 17.7 Å². The van der Waals surface area contributed by atoms with Crippen LogP contribution in [0.25, 0.3) is 0 Å². The van der Waals surface area contributed by atoms with Gasteiger partial charge in [-0.25, -0.2) is 4.39 Å². The Kier molecular flexibility index (Phi) is 8.17. The molecule has 0 unspecified atom stereocenters. The first-order valence-electron chi connectivity index (χ1n) is 8.53. The largest absolute Gasteiger partial charge is 0.357 e. The van der Waals surface area contributed by atoms with E-state index >= 15 is 0 Å². The summed E-state index contributed by atoms with van der Waals surface area (Å²) in [5.74, 6) is -1.30. The number of ether oxygens (including phenoxy) is 1. The molecule has 0 aliphatic rings. The Bertz CT molecular complexity index is 748. The summed E-state index contributed by atoms with van der Waals surface area (Å²) in [5.41, 5.74) is 0.860. The first kappa shape index (κ1) is 24.2. The van der Waals surface area contributed by atoms with E-state index in [1.54, 1.807) is 46.8 Å². The van der Waals surface area contributed by atoms with E-state index in [0.717, 1.165) is 5.56 Å². The Morgan fingerprint density at radius 3 is 1.96 bits per heavy atom. The molecule has 7 nitrogen and oxygen atoms in total. The van der Waals surface area contributed by atoms with Crippen molar-refractivity contribution in [2.45, 2.75) is 51.0 Å². The fraction of sp³-hybridized carbons (Fsp3) is 0.647. The molecule has 0 fully saturated rings. The minimum atomic E-state index is -4.81. The molecule has 1 aromatic carbocycles. The second-order valence-electron chi connectivity index (χ2n) is 7.05. The third kappa shape index (κ3) is 5.59. The molecular formula is C17H28FO7PS. The molecule has 27 heavy (non-hydrogen) atoms. The molecule has 0 saturated heterocycles. The molecule has 156 valence electrons. The van der Waals surface area contributed by atoms with Crippen molar-refractivity contribution in [3.8, 4) is 0 Å². The van der Waals surface area contributed by atoms with E-state index in [4.69, 9.17) is 8.92 Å². The molecule has 0 aromatic heterocycles. The highest BCUT2D eigenvalue weighted by molar-refractivity contribution is 7.86. The molecule has 0 radical (unpaired) electrons. The van der Waals surface area contributed by atoms with E-state index in [1.165, 1.54) is 12.1 Å². The summed E-state index contributed by atoms with van der Waals surface area (Å²) in [6, 6.07) is 5.90. The van der Waals surface area contributed by atoms with Crippen molar-refractivity contribution in [1.29, 1.82) is 0 Å². The van der Waals surface area contributed by atoms with E-state index in [2.05, 4.69) is 0 Å². The van der Waals surface area contributed by atoms with Crippen LogP contribution in [0.4, 0.5) is 4.39 Å². The Labute approximate surface area is 160 Å². The first-order valence-corrected chi connectivity index (χ1v) is 11.6. The second kappa shape index (κ2) is 9.11. The van der Waals surface area contributed by atoms with Gasteiger partial charge in [0.05, 0.1) is 11.5 Å². The van der Waals surface area contributed by atoms with Crippen molar-refractivity contribution in [3.63, 3.8) is 0 Å². The smallest absolute Gasteiger partial charge is 0.353 e. The van der Waals surface area contributed by atoms with Gasteiger partial charge in [-0.2, -0.15) is 8.42 Å². The van der Waals surface area contributed by atoms with Crippen LogP contribution in [-0.2, 0) is 23.6 Å². The maximum atomic E-state index is 13.5. The summed E-state index contributed by atoms with van der Waals surface area (Å²) >= 11 is 0. The zero-order valence-corrected chi connectivity index (χ0v) is 17.8. The van der Waals surface area contributed by atoms with Gasteiger partial charge in [-0.3, -0.25) is 8.75 Å². The summed E-state index contributed by atoms with van der Waals surface area (Å²) in [6.45, 7) is 6.15. The molecule has 1 atom stereocenters. The summed E-state index contributed by atoms with van der Waals surface area (Å²) in [5, 5.41) is -1.96. The highest BCUT2D eigenvalue weighted by Gasteiger charge is 2.54. The Balaban J connectivity index is 3.03. The Morgan fingerprint density at radius 1 is 1.11 bits per heavy atom. The fourth-order valence-electron chi connectivity index (χ4n) is 3.00. The van der Waals surface area contributed by atoms with Gasteiger partial charge < -0.3 is 14.5 Å². The summed E-state index contributed by atoms with van der Waals surface area (Å²) in [6.07, 6.45) is -1.46. The minimum absolute atomic E-state index is 0.0975. The third-order valence-corrected chi connectivity index (χ3v) is 7.70. The number of hydrogen-bond acceptors (Lipinski definition) is 5. The Hall–Kier alpha value is -0.830. The third-order valence-electron chi connectivity index (χ3n) is 4.36. The lowest BCUT2D eigenvalue weighted by Gasteiger charge is -2.42. The average molecular weight is 426 g/mol. The van der Waals surface area contributed by atoms with Crippen molar-refractivity contribution in [2.24, 2.45) is 11.8 Å². The van der Waals surface area contributed by atoms with E-state index in [-0.39, 0.29) is 4.90 Å². The van der Waals surface area contributed by atoms with Gasteiger partial charge in [-0.1, -0.05) is 45.4 Å². The molecular weight excluding hydrogens is 398 g/mol. The van der Waals surface area contributed by atoms with E-state index in [1.807, 2.05) is 0 Å². The molecule has 0 aliphatic heterocycles. The van der Waals surface area contributed by atoms with Gasteiger partial charge in [0.15, 0.2) is 5.34 Å². The molecule has 0 heterocycles. The monoisotopic (exact) mass is 426 g/mol. The highest BCUT2D eigenvalue weighted by atomic mass is 32.2. The summed E-state index contributed by atoms with van der Waals surface area (Å²) in [7, 11) is -8.96. The summed E-state index contributed by atoms with van der Waals surface area (Å²) < 4.78 is 60.5. The van der Waals surface area contributed by atoms with Crippen LogP contribution in [0.5, 0.6) is 0 Å².